The molecule has 8 heteroatoms. The second-order valence-electron chi connectivity index (χ2n) is 5.67. The zero-order valence-electron chi connectivity index (χ0n) is 14.5. The normalized spacial score (nSPS) is 12.8. The molecule has 138 valence electrons. The summed E-state index contributed by atoms with van der Waals surface area (Å²) >= 11 is 0. The van der Waals surface area contributed by atoms with Crippen molar-refractivity contribution in [2.24, 2.45) is 5.73 Å². The number of unbranched alkanes of at least 4 members (excludes halogenated alkanes) is 1. The van der Waals surface area contributed by atoms with Gasteiger partial charge < -0.3 is 26.2 Å². The lowest BCUT2D eigenvalue weighted by Crippen LogP contribution is -2.47. The van der Waals surface area contributed by atoms with E-state index in [2.05, 4.69) is 10.6 Å². The fourth-order valence-corrected chi connectivity index (χ4v) is 2.08. The number of hydrogen-bond donors (Lipinski definition) is 4. The van der Waals surface area contributed by atoms with Crippen molar-refractivity contribution >= 4 is 17.8 Å². The molecule has 0 radical (unpaired) electrons. The number of rotatable bonds is 10. The zero-order valence-corrected chi connectivity index (χ0v) is 14.5. The van der Waals surface area contributed by atoms with Gasteiger partial charge in [0.2, 0.25) is 5.91 Å². The molecule has 0 aromatic heterocycles. The molecule has 0 spiro atoms. The van der Waals surface area contributed by atoms with Gasteiger partial charge in [0.15, 0.2) is 0 Å². The van der Waals surface area contributed by atoms with E-state index in [1.165, 1.54) is 6.92 Å². The van der Waals surface area contributed by atoms with Crippen LogP contribution in [-0.4, -0.2) is 48.6 Å². The average molecular weight is 351 g/mol. The molecule has 0 aliphatic rings. The van der Waals surface area contributed by atoms with E-state index in [0.717, 1.165) is 0 Å². The van der Waals surface area contributed by atoms with Crippen LogP contribution in [0.5, 0.6) is 5.75 Å². The van der Waals surface area contributed by atoms with Crippen LogP contribution in [-0.2, 0) is 9.59 Å². The van der Waals surface area contributed by atoms with Gasteiger partial charge in [-0.05, 0) is 50.5 Å². The van der Waals surface area contributed by atoms with Gasteiger partial charge in [-0.25, -0.2) is 4.79 Å². The first kappa shape index (κ1) is 20.4. The SMILES string of the molecule is COc1ccc(C(=O)NCCCC[C@@H](NC(=O)[C@H](C)N)C(=O)O)cc1. The smallest absolute Gasteiger partial charge is 0.326 e. The molecule has 0 unspecified atom stereocenters. The first-order valence-corrected chi connectivity index (χ1v) is 8.06. The molecule has 1 aromatic rings. The van der Waals surface area contributed by atoms with E-state index in [-0.39, 0.29) is 12.3 Å². The summed E-state index contributed by atoms with van der Waals surface area (Å²) in [4.78, 5) is 34.6. The predicted molar refractivity (Wildman–Crippen MR) is 92.4 cm³/mol. The van der Waals surface area contributed by atoms with Crippen LogP contribution in [0, 0.1) is 0 Å². The molecule has 1 aromatic carbocycles. The highest BCUT2D eigenvalue weighted by Gasteiger charge is 2.20. The van der Waals surface area contributed by atoms with Crippen molar-refractivity contribution in [1.82, 2.24) is 10.6 Å². The minimum Gasteiger partial charge on any atom is -0.497 e. The first-order valence-electron chi connectivity index (χ1n) is 8.06. The molecule has 25 heavy (non-hydrogen) atoms. The van der Waals surface area contributed by atoms with Gasteiger partial charge in [0.25, 0.3) is 5.91 Å². The number of aliphatic carboxylic acids is 1. The molecule has 5 N–H and O–H groups in total. The number of carbonyl (C=O) groups excluding carboxylic acids is 2. The van der Waals surface area contributed by atoms with Gasteiger partial charge in [-0.3, -0.25) is 9.59 Å². The second-order valence-corrected chi connectivity index (χ2v) is 5.67. The third-order valence-corrected chi connectivity index (χ3v) is 3.59. The highest BCUT2D eigenvalue weighted by atomic mass is 16.5. The molecule has 2 atom stereocenters. The predicted octanol–water partition coefficient (Wildman–Crippen LogP) is 0.512. The Labute approximate surface area is 146 Å². The van der Waals surface area contributed by atoms with Gasteiger partial charge in [0.05, 0.1) is 13.2 Å². The van der Waals surface area contributed by atoms with Crippen LogP contribution in [0.15, 0.2) is 24.3 Å². The largest absolute Gasteiger partial charge is 0.497 e. The molecular formula is C17H25N3O5. The van der Waals surface area contributed by atoms with Crippen LogP contribution in [0.25, 0.3) is 0 Å². The molecule has 0 heterocycles. The third kappa shape index (κ3) is 7.21. The van der Waals surface area contributed by atoms with Crippen molar-refractivity contribution in [2.45, 2.75) is 38.3 Å². The van der Waals surface area contributed by atoms with Gasteiger partial charge in [-0.15, -0.1) is 0 Å². The monoisotopic (exact) mass is 351 g/mol. The fourth-order valence-electron chi connectivity index (χ4n) is 2.08. The lowest BCUT2D eigenvalue weighted by atomic mass is 10.1. The molecule has 1 rings (SSSR count). The van der Waals surface area contributed by atoms with Gasteiger partial charge in [-0.1, -0.05) is 0 Å². The summed E-state index contributed by atoms with van der Waals surface area (Å²) in [5.41, 5.74) is 5.93. The minimum absolute atomic E-state index is 0.206. The molecule has 2 amide bonds. The van der Waals surface area contributed by atoms with E-state index >= 15 is 0 Å². The maximum atomic E-state index is 12.0. The number of hydrogen-bond acceptors (Lipinski definition) is 5. The average Bonchev–Trinajstić information content (AvgIpc) is 2.59. The van der Waals surface area contributed by atoms with Crippen molar-refractivity contribution in [3.63, 3.8) is 0 Å². The van der Waals surface area contributed by atoms with Gasteiger partial charge in [-0.2, -0.15) is 0 Å². The molecule has 0 aliphatic carbocycles. The Kier molecular flexibility index (Phi) is 8.42. The number of carboxylic acid groups (broad SMARTS) is 1. The summed E-state index contributed by atoms with van der Waals surface area (Å²) in [6.45, 7) is 1.90. The summed E-state index contributed by atoms with van der Waals surface area (Å²) in [7, 11) is 1.55. The topological polar surface area (TPSA) is 131 Å². The zero-order chi connectivity index (χ0) is 18.8. The van der Waals surface area contributed by atoms with Crippen molar-refractivity contribution < 1.29 is 24.2 Å². The van der Waals surface area contributed by atoms with Crippen molar-refractivity contribution in [2.75, 3.05) is 13.7 Å². The Morgan fingerprint density at radius 2 is 1.84 bits per heavy atom. The lowest BCUT2D eigenvalue weighted by molar-refractivity contribution is -0.142. The number of nitrogens with two attached hydrogens (primary N) is 1. The molecule has 0 saturated heterocycles. The summed E-state index contributed by atoms with van der Waals surface area (Å²) in [6, 6.07) is 5.00. The molecular weight excluding hydrogens is 326 g/mol. The highest BCUT2D eigenvalue weighted by molar-refractivity contribution is 5.94. The van der Waals surface area contributed by atoms with Gasteiger partial charge >= 0.3 is 5.97 Å². The fraction of sp³-hybridized carbons (Fsp3) is 0.471. The van der Waals surface area contributed by atoms with Crippen molar-refractivity contribution in [3.8, 4) is 5.75 Å². The number of methoxy groups -OCH3 is 1. The maximum Gasteiger partial charge on any atom is 0.326 e. The molecule has 0 aliphatic heterocycles. The number of amides is 2. The van der Waals surface area contributed by atoms with Crippen LogP contribution in [0.4, 0.5) is 0 Å². The van der Waals surface area contributed by atoms with Crippen LogP contribution in [0.3, 0.4) is 0 Å². The summed E-state index contributed by atoms with van der Waals surface area (Å²) in [6.07, 6.45) is 1.41. The summed E-state index contributed by atoms with van der Waals surface area (Å²) in [5, 5.41) is 14.3. The highest BCUT2D eigenvalue weighted by Crippen LogP contribution is 2.11. The quantitative estimate of drug-likeness (QED) is 0.454. The number of nitrogens with one attached hydrogen (secondary N) is 2. The summed E-state index contributed by atoms with van der Waals surface area (Å²) in [5.74, 6) is -1.13. The van der Waals surface area contributed by atoms with Gasteiger partial charge in [0, 0.05) is 12.1 Å². The van der Waals surface area contributed by atoms with E-state index in [1.807, 2.05) is 0 Å². The number of carbonyl (C=O) groups is 3. The number of ether oxygens (including phenoxy) is 1. The first-order chi connectivity index (χ1) is 11.8. The Morgan fingerprint density at radius 3 is 2.36 bits per heavy atom. The summed E-state index contributed by atoms with van der Waals surface area (Å²) < 4.78 is 5.03. The van der Waals surface area contributed by atoms with E-state index in [1.54, 1.807) is 31.4 Å². The number of benzene rings is 1. The Balaban J connectivity index is 2.32. The van der Waals surface area contributed by atoms with Crippen molar-refractivity contribution in [1.29, 1.82) is 0 Å². The second kappa shape index (κ2) is 10.3. The van der Waals surface area contributed by atoms with E-state index in [0.29, 0.717) is 30.7 Å². The van der Waals surface area contributed by atoms with Crippen LogP contribution in [0.1, 0.15) is 36.5 Å². The molecule has 0 bridgehead atoms. The van der Waals surface area contributed by atoms with E-state index in [4.69, 9.17) is 15.6 Å². The lowest BCUT2D eigenvalue weighted by Gasteiger charge is -2.16. The van der Waals surface area contributed by atoms with Crippen molar-refractivity contribution in [3.05, 3.63) is 29.8 Å². The number of carboxylic acids is 1. The standard InChI is InChI=1S/C17H25N3O5/c1-11(18)15(21)20-14(17(23)24)5-3-4-10-19-16(22)12-6-8-13(25-2)9-7-12/h6-9,11,14H,3-5,10,18H2,1-2H3,(H,19,22)(H,20,21)(H,23,24)/t11-,14+/m0/s1. The Hall–Kier alpha value is -2.61. The molecule has 0 saturated carbocycles. The molecule has 8 nitrogen and oxygen atoms in total. The van der Waals surface area contributed by atoms with E-state index in [9.17, 15) is 14.4 Å². The van der Waals surface area contributed by atoms with Gasteiger partial charge in [0.1, 0.15) is 11.8 Å². The Morgan fingerprint density at radius 1 is 1.20 bits per heavy atom. The van der Waals surface area contributed by atoms with E-state index < -0.39 is 24.0 Å². The van der Waals surface area contributed by atoms with Crippen LogP contribution >= 0.6 is 0 Å². The molecule has 0 fully saturated rings. The maximum absolute atomic E-state index is 12.0. The Bertz CT molecular complexity index is 586. The van der Waals surface area contributed by atoms with Crippen LogP contribution in [0.2, 0.25) is 0 Å². The third-order valence-electron chi connectivity index (χ3n) is 3.59. The van der Waals surface area contributed by atoms with Crippen LogP contribution < -0.4 is 21.1 Å². The minimum atomic E-state index is -1.10.